The van der Waals surface area contributed by atoms with Crippen LogP contribution in [0, 0.1) is 5.82 Å². The van der Waals surface area contributed by atoms with Gasteiger partial charge in [0.1, 0.15) is 23.8 Å². The number of aromatic nitrogens is 2. The van der Waals surface area contributed by atoms with Crippen molar-refractivity contribution < 1.29 is 23.4 Å². The fraction of sp³-hybridized carbons (Fsp3) is 0.238. The summed E-state index contributed by atoms with van der Waals surface area (Å²) in [6.07, 6.45) is 0. The number of nitrogens with two attached hydrogens (primary N) is 1. The summed E-state index contributed by atoms with van der Waals surface area (Å²) >= 11 is 0. The van der Waals surface area contributed by atoms with Crippen molar-refractivity contribution in [3.63, 3.8) is 0 Å². The van der Waals surface area contributed by atoms with Crippen LogP contribution in [-0.2, 0) is 4.74 Å². The Kier molecular flexibility index (Phi) is 5.72. The van der Waals surface area contributed by atoms with Crippen molar-refractivity contribution in [3.8, 4) is 17.4 Å². The smallest absolute Gasteiger partial charge is 0.360 e. The molecule has 0 bridgehead atoms. The largest absolute Gasteiger partial charge is 0.489 e. The van der Waals surface area contributed by atoms with Gasteiger partial charge in [0, 0.05) is 0 Å². The Labute approximate surface area is 167 Å². The number of benzene rings is 2. The third kappa shape index (κ3) is 4.66. The van der Waals surface area contributed by atoms with E-state index in [0.29, 0.717) is 11.4 Å². The van der Waals surface area contributed by atoms with Crippen LogP contribution in [0.1, 0.15) is 24.3 Å². The van der Waals surface area contributed by atoms with Crippen LogP contribution in [0.2, 0.25) is 0 Å². The maximum absolute atomic E-state index is 13.3. The van der Waals surface area contributed by atoms with Crippen LogP contribution in [0.25, 0.3) is 5.69 Å². The van der Waals surface area contributed by atoms with Gasteiger partial charge in [0.15, 0.2) is 11.5 Å². The Hall–Kier alpha value is -3.55. The zero-order valence-electron chi connectivity index (χ0n) is 16.4. The van der Waals surface area contributed by atoms with Crippen molar-refractivity contribution in [1.29, 1.82) is 0 Å². The molecule has 0 spiro atoms. The van der Waals surface area contributed by atoms with Gasteiger partial charge in [-0.2, -0.15) is 4.98 Å². The SMILES string of the molecule is COc1nc(N)c(C(=O)OC(C)(C)COc2ccccc2)n1-c1ccc(F)cc1. The second-order valence-corrected chi connectivity index (χ2v) is 6.90. The van der Waals surface area contributed by atoms with Gasteiger partial charge in [-0.05, 0) is 50.2 Å². The fourth-order valence-electron chi connectivity index (χ4n) is 2.68. The molecule has 1 aromatic heterocycles. The molecule has 0 saturated carbocycles. The highest BCUT2D eigenvalue weighted by atomic mass is 19.1. The van der Waals surface area contributed by atoms with E-state index in [2.05, 4.69) is 4.98 Å². The van der Waals surface area contributed by atoms with Crippen molar-refractivity contribution in [1.82, 2.24) is 9.55 Å². The van der Waals surface area contributed by atoms with E-state index in [1.165, 1.54) is 35.9 Å². The van der Waals surface area contributed by atoms with Gasteiger partial charge in [-0.15, -0.1) is 0 Å². The molecule has 2 N–H and O–H groups in total. The van der Waals surface area contributed by atoms with E-state index in [1.807, 2.05) is 30.3 Å². The number of nitrogen functional groups attached to an aromatic ring is 1. The first kappa shape index (κ1) is 20.2. The molecule has 0 aliphatic carbocycles. The predicted molar refractivity (Wildman–Crippen MR) is 106 cm³/mol. The molecular weight excluding hydrogens is 377 g/mol. The summed E-state index contributed by atoms with van der Waals surface area (Å²) in [6, 6.07) is 14.8. The molecule has 0 saturated heterocycles. The maximum atomic E-state index is 13.3. The third-order valence-electron chi connectivity index (χ3n) is 4.03. The van der Waals surface area contributed by atoms with Crippen LogP contribution in [0.4, 0.5) is 10.2 Å². The number of methoxy groups -OCH3 is 1. The molecule has 1 heterocycles. The summed E-state index contributed by atoms with van der Waals surface area (Å²) in [5, 5.41) is 0. The van der Waals surface area contributed by atoms with Gasteiger partial charge in [0.25, 0.3) is 0 Å². The standard InChI is InChI=1S/C21H22FN3O4/c1-21(2,13-28-16-7-5-4-6-8-16)29-19(26)17-18(23)24-20(27-3)25(17)15-11-9-14(22)10-12-15/h4-12H,13,23H2,1-3H3. The van der Waals surface area contributed by atoms with Crippen LogP contribution in [-0.4, -0.2) is 34.8 Å². The second kappa shape index (κ2) is 8.22. The average Bonchev–Trinajstić information content (AvgIpc) is 3.04. The number of ether oxygens (including phenoxy) is 3. The molecule has 0 amide bonds. The number of halogens is 1. The highest BCUT2D eigenvalue weighted by molar-refractivity contribution is 5.94. The molecular formula is C21H22FN3O4. The first-order chi connectivity index (χ1) is 13.8. The number of carbonyl (C=O) groups excluding carboxylic acids is 1. The van der Waals surface area contributed by atoms with Crippen LogP contribution < -0.4 is 15.2 Å². The molecule has 2 aromatic carbocycles. The minimum atomic E-state index is -0.954. The van der Waals surface area contributed by atoms with Crippen LogP contribution in [0.3, 0.4) is 0 Å². The van der Waals surface area contributed by atoms with E-state index < -0.39 is 17.4 Å². The predicted octanol–water partition coefficient (Wildman–Crippen LogP) is 3.62. The minimum Gasteiger partial charge on any atom is -0.489 e. The Morgan fingerprint density at radius 2 is 1.79 bits per heavy atom. The summed E-state index contributed by atoms with van der Waals surface area (Å²) in [6.45, 7) is 3.57. The molecule has 0 radical (unpaired) electrons. The van der Waals surface area contributed by atoms with Gasteiger partial charge < -0.3 is 19.9 Å². The summed E-state index contributed by atoms with van der Waals surface area (Å²) < 4.78 is 31.2. The molecule has 0 aliphatic heterocycles. The number of imidazole rings is 1. The van der Waals surface area contributed by atoms with E-state index in [1.54, 1.807) is 13.8 Å². The molecule has 152 valence electrons. The van der Waals surface area contributed by atoms with Gasteiger partial charge in [-0.3, -0.25) is 4.57 Å². The van der Waals surface area contributed by atoms with Crippen LogP contribution in [0.5, 0.6) is 11.8 Å². The summed E-state index contributed by atoms with van der Waals surface area (Å²) in [5.74, 6) is -0.515. The van der Waals surface area contributed by atoms with E-state index in [0.717, 1.165) is 0 Å². The molecule has 3 aromatic rings. The summed E-state index contributed by atoms with van der Waals surface area (Å²) in [4.78, 5) is 17.0. The lowest BCUT2D eigenvalue weighted by atomic mass is 10.1. The highest BCUT2D eigenvalue weighted by Gasteiger charge is 2.31. The second-order valence-electron chi connectivity index (χ2n) is 6.90. The van der Waals surface area contributed by atoms with Gasteiger partial charge in [-0.25, -0.2) is 9.18 Å². The molecule has 3 rings (SSSR count). The van der Waals surface area contributed by atoms with Crippen LogP contribution in [0.15, 0.2) is 54.6 Å². The van der Waals surface area contributed by atoms with Crippen molar-refractivity contribution in [2.75, 3.05) is 19.5 Å². The van der Waals surface area contributed by atoms with E-state index in [4.69, 9.17) is 19.9 Å². The number of anilines is 1. The Morgan fingerprint density at radius 1 is 1.14 bits per heavy atom. The first-order valence-electron chi connectivity index (χ1n) is 8.90. The van der Waals surface area contributed by atoms with Crippen molar-refractivity contribution in [2.24, 2.45) is 0 Å². The number of hydrogen-bond donors (Lipinski definition) is 1. The zero-order chi connectivity index (χ0) is 21.0. The molecule has 0 fully saturated rings. The quantitative estimate of drug-likeness (QED) is 0.611. The normalized spacial score (nSPS) is 11.2. The van der Waals surface area contributed by atoms with E-state index in [-0.39, 0.29) is 24.1 Å². The summed E-state index contributed by atoms with van der Waals surface area (Å²) in [7, 11) is 1.40. The Bertz CT molecular complexity index is 985. The molecule has 0 atom stereocenters. The average molecular weight is 399 g/mol. The van der Waals surface area contributed by atoms with Crippen LogP contribution >= 0.6 is 0 Å². The lowest BCUT2D eigenvalue weighted by Gasteiger charge is -2.25. The third-order valence-corrected chi connectivity index (χ3v) is 4.03. The zero-order valence-corrected chi connectivity index (χ0v) is 16.4. The number of esters is 1. The molecule has 7 nitrogen and oxygen atoms in total. The number of para-hydroxylation sites is 1. The van der Waals surface area contributed by atoms with E-state index >= 15 is 0 Å². The van der Waals surface area contributed by atoms with E-state index in [9.17, 15) is 9.18 Å². The highest BCUT2D eigenvalue weighted by Crippen LogP contribution is 2.28. The molecule has 0 aliphatic rings. The van der Waals surface area contributed by atoms with Crippen molar-refractivity contribution >= 4 is 11.8 Å². The van der Waals surface area contributed by atoms with Gasteiger partial charge >= 0.3 is 12.0 Å². The first-order valence-corrected chi connectivity index (χ1v) is 8.90. The molecule has 0 unspecified atom stereocenters. The maximum Gasteiger partial charge on any atom is 0.360 e. The number of hydrogen-bond acceptors (Lipinski definition) is 6. The number of carbonyl (C=O) groups is 1. The lowest BCUT2D eigenvalue weighted by Crippen LogP contribution is -2.35. The Balaban J connectivity index is 1.84. The number of rotatable bonds is 7. The van der Waals surface area contributed by atoms with Gasteiger partial charge in [0.2, 0.25) is 0 Å². The Morgan fingerprint density at radius 3 is 2.41 bits per heavy atom. The van der Waals surface area contributed by atoms with Crippen molar-refractivity contribution in [3.05, 3.63) is 66.1 Å². The monoisotopic (exact) mass is 399 g/mol. The lowest BCUT2D eigenvalue weighted by molar-refractivity contribution is -0.0219. The molecule has 29 heavy (non-hydrogen) atoms. The number of nitrogens with zero attached hydrogens (tertiary/aromatic N) is 2. The minimum absolute atomic E-state index is 0.0127. The molecule has 8 heteroatoms. The fourth-order valence-corrected chi connectivity index (χ4v) is 2.68. The van der Waals surface area contributed by atoms with Gasteiger partial charge in [-0.1, -0.05) is 18.2 Å². The van der Waals surface area contributed by atoms with Crippen molar-refractivity contribution in [2.45, 2.75) is 19.4 Å². The van der Waals surface area contributed by atoms with Gasteiger partial charge in [0.05, 0.1) is 12.8 Å². The summed E-state index contributed by atoms with van der Waals surface area (Å²) in [5.41, 5.74) is 5.44. The topological polar surface area (TPSA) is 88.6 Å².